The van der Waals surface area contributed by atoms with Gasteiger partial charge < -0.3 is 9.19 Å². The third-order valence-corrected chi connectivity index (χ3v) is 2.70. The fourth-order valence-electron chi connectivity index (χ4n) is 1.45. The molecule has 0 unspecified atom stereocenters. The van der Waals surface area contributed by atoms with Crippen LogP contribution in [-0.2, 0) is 4.29 Å². The van der Waals surface area contributed by atoms with Crippen molar-refractivity contribution in [2.24, 2.45) is 0 Å². The van der Waals surface area contributed by atoms with Crippen LogP contribution in [0.1, 0.15) is 10.4 Å². The fourth-order valence-corrected chi connectivity index (χ4v) is 1.95. The summed E-state index contributed by atoms with van der Waals surface area (Å²) in [5, 5.41) is 0. The highest BCUT2D eigenvalue weighted by Gasteiger charge is 2.10. The number of rotatable bonds is 6. The summed E-state index contributed by atoms with van der Waals surface area (Å²) in [6, 6.07) is 6.97. The lowest BCUT2D eigenvalue weighted by Gasteiger charge is -2.23. The predicted octanol–water partition coefficient (Wildman–Crippen LogP) is 3.28. The molecule has 0 bridgehead atoms. The van der Waals surface area contributed by atoms with Crippen LogP contribution in [-0.4, -0.2) is 30.8 Å². The van der Waals surface area contributed by atoms with E-state index in [0.29, 0.717) is 30.4 Å². The predicted molar refractivity (Wildman–Crippen MR) is 71.4 cm³/mol. The van der Waals surface area contributed by atoms with Gasteiger partial charge in [-0.25, -0.2) is 4.79 Å². The van der Waals surface area contributed by atoms with Crippen LogP contribution in [0.2, 0.25) is 0 Å². The fraction of sp³-hybridized carbons (Fsp3) is 0.364. The molecule has 0 heterocycles. The van der Waals surface area contributed by atoms with Crippen molar-refractivity contribution < 1.29 is 9.08 Å². The largest absolute Gasteiger partial charge is 0.369 e. The molecule has 3 nitrogen and oxygen atoms in total. The molecule has 6 heteroatoms. The van der Waals surface area contributed by atoms with Crippen LogP contribution in [0.4, 0.5) is 5.69 Å². The van der Waals surface area contributed by atoms with Crippen molar-refractivity contribution in [3.63, 3.8) is 0 Å². The molecule has 0 spiro atoms. The Bertz CT molecular complexity index is 367. The van der Waals surface area contributed by atoms with Gasteiger partial charge >= 0.3 is 5.97 Å². The molecule has 0 aromatic heterocycles. The van der Waals surface area contributed by atoms with E-state index in [9.17, 15) is 4.79 Å². The number of benzene rings is 1. The summed E-state index contributed by atoms with van der Waals surface area (Å²) < 4.78 is 4.15. The van der Waals surface area contributed by atoms with Gasteiger partial charge in [0.25, 0.3) is 0 Å². The van der Waals surface area contributed by atoms with Gasteiger partial charge in [0, 0.05) is 30.5 Å². The Balaban J connectivity index is 2.91. The van der Waals surface area contributed by atoms with Crippen LogP contribution in [0, 0.1) is 0 Å². The van der Waals surface area contributed by atoms with Crippen LogP contribution < -0.4 is 4.90 Å². The Morgan fingerprint density at radius 2 is 1.88 bits per heavy atom. The van der Waals surface area contributed by atoms with Gasteiger partial charge in [0.15, 0.2) is 0 Å². The zero-order chi connectivity index (χ0) is 12.7. The SMILES string of the molecule is O=C(OCl)c1cccc(N(CCCl)CCCl)c1. The molecule has 0 N–H and O–H groups in total. The van der Waals surface area contributed by atoms with E-state index in [4.69, 9.17) is 35.1 Å². The summed E-state index contributed by atoms with van der Waals surface area (Å²) in [7, 11) is 0. The van der Waals surface area contributed by atoms with Crippen LogP contribution in [0.3, 0.4) is 0 Å². The van der Waals surface area contributed by atoms with E-state index in [1.54, 1.807) is 18.2 Å². The monoisotopic (exact) mass is 295 g/mol. The van der Waals surface area contributed by atoms with Gasteiger partial charge in [0.05, 0.1) is 5.56 Å². The molecule has 0 aliphatic heterocycles. The highest BCUT2D eigenvalue weighted by Crippen LogP contribution is 2.17. The van der Waals surface area contributed by atoms with Crippen molar-refractivity contribution in [3.8, 4) is 0 Å². The third-order valence-electron chi connectivity index (χ3n) is 2.23. The number of hydrogen-bond acceptors (Lipinski definition) is 3. The van der Waals surface area contributed by atoms with E-state index in [-0.39, 0.29) is 0 Å². The molecule has 0 amide bonds. The van der Waals surface area contributed by atoms with Gasteiger partial charge in [-0.2, -0.15) is 0 Å². The maximum Gasteiger partial charge on any atom is 0.356 e. The van der Waals surface area contributed by atoms with Gasteiger partial charge in [-0.1, -0.05) is 6.07 Å². The van der Waals surface area contributed by atoms with Crippen LogP contribution in [0.25, 0.3) is 0 Å². The second kappa shape index (κ2) is 7.64. The third kappa shape index (κ3) is 4.26. The number of anilines is 1. The Hall–Kier alpha value is -0.640. The van der Waals surface area contributed by atoms with Gasteiger partial charge in [-0.3, -0.25) is 0 Å². The Morgan fingerprint density at radius 1 is 1.24 bits per heavy atom. The van der Waals surface area contributed by atoms with Crippen LogP contribution >= 0.6 is 35.1 Å². The smallest absolute Gasteiger partial charge is 0.356 e. The molecule has 0 fully saturated rings. The number of carbonyl (C=O) groups excluding carboxylic acids is 1. The molecule has 0 saturated heterocycles. The molecule has 0 saturated carbocycles. The van der Waals surface area contributed by atoms with Gasteiger partial charge in [0.1, 0.15) is 11.9 Å². The highest BCUT2D eigenvalue weighted by molar-refractivity contribution is 6.18. The topological polar surface area (TPSA) is 29.5 Å². The van der Waals surface area contributed by atoms with Crippen LogP contribution in [0.15, 0.2) is 24.3 Å². The molecular weight excluding hydrogens is 284 g/mol. The molecule has 0 atom stereocenters. The van der Waals surface area contributed by atoms with Gasteiger partial charge in [-0.15, -0.1) is 23.2 Å². The van der Waals surface area contributed by atoms with Crippen molar-refractivity contribution in [1.29, 1.82) is 0 Å². The first-order chi connectivity index (χ1) is 8.22. The minimum Gasteiger partial charge on any atom is -0.369 e. The highest BCUT2D eigenvalue weighted by atomic mass is 35.5. The number of halogens is 3. The number of alkyl halides is 2. The first kappa shape index (κ1) is 14.4. The van der Waals surface area contributed by atoms with Crippen molar-refractivity contribution in [1.82, 2.24) is 0 Å². The van der Waals surface area contributed by atoms with Gasteiger partial charge in [-0.05, 0) is 18.2 Å². The Morgan fingerprint density at radius 3 is 2.41 bits per heavy atom. The average molecular weight is 297 g/mol. The molecule has 0 radical (unpaired) electrons. The van der Waals surface area contributed by atoms with Crippen molar-refractivity contribution in [2.45, 2.75) is 0 Å². The summed E-state index contributed by atoms with van der Waals surface area (Å²) in [6.07, 6.45) is 0. The normalized spacial score (nSPS) is 10.1. The summed E-state index contributed by atoms with van der Waals surface area (Å²) in [6.45, 7) is 1.32. The average Bonchev–Trinajstić information content (AvgIpc) is 2.37. The standard InChI is InChI=1S/C11H12Cl3NO2/c12-4-6-15(7-5-13)10-3-1-2-9(8-10)11(16)17-14/h1-3,8H,4-7H2. The van der Waals surface area contributed by atoms with E-state index in [2.05, 4.69) is 4.29 Å². The number of nitrogens with zero attached hydrogens (tertiary/aromatic N) is 1. The van der Waals surface area contributed by atoms with E-state index in [1.807, 2.05) is 11.0 Å². The summed E-state index contributed by atoms with van der Waals surface area (Å²) in [5.41, 5.74) is 1.26. The molecular formula is C11H12Cl3NO2. The Labute approximate surface area is 115 Å². The molecule has 1 aromatic carbocycles. The van der Waals surface area contributed by atoms with Crippen molar-refractivity contribution in [2.75, 3.05) is 29.7 Å². The van der Waals surface area contributed by atoms with E-state index < -0.39 is 5.97 Å². The maximum atomic E-state index is 11.3. The molecule has 1 rings (SSSR count). The summed E-state index contributed by atoms with van der Waals surface area (Å²) in [5.74, 6) is 0.396. The first-order valence-electron chi connectivity index (χ1n) is 5.02. The first-order valence-corrected chi connectivity index (χ1v) is 6.40. The lowest BCUT2D eigenvalue weighted by molar-refractivity contribution is 0.0751. The quantitative estimate of drug-likeness (QED) is 0.755. The molecule has 0 aliphatic carbocycles. The second-order valence-corrected chi connectivity index (χ2v) is 4.19. The zero-order valence-electron chi connectivity index (χ0n) is 9.04. The lowest BCUT2D eigenvalue weighted by Crippen LogP contribution is -2.27. The second-order valence-electron chi connectivity index (χ2n) is 3.28. The Kier molecular flexibility index (Phi) is 6.48. The minimum absolute atomic E-state index is 0.395. The van der Waals surface area contributed by atoms with Crippen LogP contribution in [0.5, 0.6) is 0 Å². The van der Waals surface area contributed by atoms with E-state index in [0.717, 1.165) is 5.69 Å². The van der Waals surface area contributed by atoms with E-state index in [1.165, 1.54) is 0 Å². The zero-order valence-corrected chi connectivity index (χ0v) is 11.3. The number of carbonyl (C=O) groups is 1. The number of hydrogen-bond donors (Lipinski definition) is 0. The van der Waals surface area contributed by atoms with Crippen molar-refractivity contribution >= 4 is 46.7 Å². The van der Waals surface area contributed by atoms with E-state index >= 15 is 0 Å². The summed E-state index contributed by atoms with van der Waals surface area (Å²) in [4.78, 5) is 13.3. The summed E-state index contributed by atoms with van der Waals surface area (Å²) >= 11 is 16.5. The van der Waals surface area contributed by atoms with Gasteiger partial charge in [0.2, 0.25) is 0 Å². The molecule has 17 heavy (non-hydrogen) atoms. The maximum absolute atomic E-state index is 11.3. The minimum atomic E-state index is -0.579. The molecule has 1 aromatic rings. The lowest BCUT2D eigenvalue weighted by atomic mass is 10.2. The molecule has 0 aliphatic rings. The molecule has 94 valence electrons. The van der Waals surface area contributed by atoms with Crippen molar-refractivity contribution in [3.05, 3.63) is 29.8 Å².